The monoisotopic (exact) mass is 224 g/mol. The zero-order valence-electron chi connectivity index (χ0n) is 7.23. The van der Waals surface area contributed by atoms with Gasteiger partial charge in [-0.3, -0.25) is 0 Å². The predicted molar refractivity (Wildman–Crippen MR) is 55.3 cm³/mol. The van der Waals surface area contributed by atoms with E-state index < -0.39 is 0 Å². The molecule has 0 amide bonds. The van der Waals surface area contributed by atoms with Gasteiger partial charge in [0.05, 0.1) is 11.7 Å². The average Bonchev–Trinajstić information content (AvgIpc) is 2.55. The molecule has 0 radical (unpaired) electrons. The second-order valence-electron chi connectivity index (χ2n) is 3.20. The smallest absolute Gasteiger partial charge is 0.214 e. The second kappa shape index (κ2) is 4.84. The van der Waals surface area contributed by atoms with Crippen molar-refractivity contribution in [2.24, 2.45) is 5.73 Å². The molecule has 13 heavy (non-hydrogen) atoms. The van der Waals surface area contributed by atoms with E-state index in [1.54, 1.807) is 12.5 Å². The summed E-state index contributed by atoms with van der Waals surface area (Å²) in [6.45, 7) is 0. The maximum atomic E-state index is 6.07. The summed E-state index contributed by atoms with van der Waals surface area (Å²) in [5, 5.41) is 0. The Morgan fingerprint density at radius 2 is 1.92 bits per heavy atom. The predicted octanol–water partition coefficient (Wildman–Crippen LogP) is 2.25. The van der Waals surface area contributed by atoms with E-state index in [4.69, 9.17) is 10.2 Å². The Kier molecular flexibility index (Phi) is 4.75. The van der Waals surface area contributed by atoms with Gasteiger partial charge in [-0.05, 0) is 12.8 Å². The van der Waals surface area contributed by atoms with Gasteiger partial charge in [-0.15, -0.1) is 24.8 Å². The Labute approximate surface area is 89.9 Å². The van der Waals surface area contributed by atoms with Gasteiger partial charge in [-0.2, -0.15) is 0 Å². The minimum atomic E-state index is -0.260. The molecule has 76 valence electrons. The van der Waals surface area contributed by atoms with E-state index in [1.165, 1.54) is 12.8 Å². The molecule has 2 N–H and O–H groups in total. The Balaban J connectivity index is 0.000000720. The molecule has 1 aliphatic rings. The zero-order chi connectivity index (χ0) is 7.73. The van der Waals surface area contributed by atoms with Gasteiger partial charge in [0.1, 0.15) is 6.26 Å². The van der Waals surface area contributed by atoms with Crippen molar-refractivity contribution in [3.8, 4) is 0 Å². The third-order valence-electron chi connectivity index (χ3n) is 2.35. The molecule has 0 saturated heterocycles. The molecule has 0 aliphatic heterocycles. The summed E-state index contributed by atoms with van der Waals surface area (Å²) in [5.41, 5.74) is 5.81. The molecule has 0 bridgehead atoms. The Morgan fingerprint density at radius 1 is 1.31 bits per heavy atom. The standard InChI is InChI=1S/C8H12N2O.2ClH/c9-8(3-1-2-4-8)7-10-5-6-11-7;;/h5-6H,1-4,9H2;2*1H. The molecular formula is C8H14Cl2N2O. The van der Waals surface area contributed by atoms with Crippen LogP contribution in [-0.2, 0) is 5.54 Å². The lowest BCUT2D eigenvalue weighted by molar-refractivity contribution is 0.335. The highest BCUT2D eigenvalue weighted by atomic mass is 35.5. The molecule has 1 aromatic rings. The normalized spacial score (nSPS) is 18.8. The SMILES string of the molecule is Cl.Cl.NC1(c2ncco2)CCCC1. The van der Waals surface area contributed by atoms with Crippen LogP contribution in [0.5, 0.6) is 0 Å². The number of oxazole rings is 1. The van der Waals surface area contributed by atoms with E-state index in [9.17, 15) is 0 Å². The number of hydrogen-bond donors (Lipinski definition) is 1. The van der Waals surface area contributed by atoms with E-state index in [0.717, 1.165) is 12.8 Å². The van der Waals surface area contributed by atoms with Gasteiger partial charge in [-0.25, -0.2) is 4.98 Å². The molecule has 2 rings (SSSR count). The maximum absolute atomic E-state index is 6.07. The van der Waals surface area contributed by atoms with Gasteiger partial charge in [0.15, 0.2) is 0 Å². The van der Waals surface area contributed by atoms with Crippen LogP contribution in [-0.4, -0.2) is 4.98 Å². The van der Waals surface area contributed by atoms with Gasteiger partial charge < -0.3 is 10.2 Å². The largest absolute Gasteiger partial charge is 0.447 e. The van der Waals surface area contributed by atoms with Crippen molar-refractivity contribution in [2.45, 2.75) is 31.2 Å². The summed E-state index contributed by atoms with van der Waals surface area (Å²) in [7, 11) is 0. The van der Waals surface area contributed by atoms with Crippen molar-refractivity contribution in [3.05, 3.63) is 18.4 Å². The van der Waals surface area contributed by atoms with Crippen LogP contribution >= 0.6 is 24.8 Å². The van der Waals surface area contributed by atoms with Crippen molar-refractivity contribution in [1.82, 2.24) is 4.98 Å². The van der Waals surface area contributed by atoms with Gasteiger partial charge in [0, 0.05) is 0 Å². The Morgan fingerprint density at radius 3 is 2.38 bits per heavy atom. The molecule has 0 unspecified atom stereocenters. The highest BCUT2D eigenvalue weighted by Crippen LogP contribution is 2.34. The summed E-state index contributed by atoms with van der Waals surface area (Å²) < 4.78 is 5.18. The first-order valence-corrected chi connectivity index (χ1v) is 4.00. The van der Waals surface area contributed by atoms with E-state index >= 15 is 0 Å². The van der Waals surface area contributed by atoms with E-state index in [1.807, 2.05) is 0 Å². The Hall–Kier alpha value is -0.250. The highest BCUT2D eigenvalue weighted by Gasteiger charge is 2.35. The third kappa shape index (κ3) is 2.36. The summed E-state index contributed by atoms with van der Waals surface area (Å²) >= 11 is 0. The lowest BCUT2D eigenvalue weighted by Crippen LogP contribution is -2.33. The van der Waals surface area contributed by atoms with Gasteiger partial charge in [0.2, 0.25) is 5.89 Å². The number of aromatic nitrogens is 1. The molecule has 1 aliphatic carbocycles. The fourth-order valence-corrected chi connectivity index (χ4v) is 1.69. The van der Waals surface area contributed by atoms with Crippen molar-refractivity contribution in [2.75, 3.05) is 0 Å². The molecule has 1 heterocycles. The molecule has 5 heteroatoms. The number of hydrogen-bond acceptors (Lipinski definition) is 3. The first-order valence-electron chi connectivity index (χ1n) is 4.00. The van der Waals surface area contributed by atoms with E-state index in [-0.39, 0.29) is 30.4 Å². The zero-order valence-corrected chi connectivity index (χ0v) is 8.87. The van der Waals surface area contributed by atoms with Crippen molar-refractivity contribution in [1.29, 1.82) is 0 Å². The van der Waals surface area contributed by atoms with Crippen LogP contribution < -0.4 is 5.73 Å². The lowest BCUT2D eigenvalue weighted by atomic mass is 10.00. The van der Waals surface area contributed by atoms with Gasteiger partial charge in [0.25, 0.3) is 0 Å². The molecule has 0 spiro atoms. The van der Waals surface area contributed by atoms with Crippen LogP contribution in [0.25, 0.3) is 0 Å². The van der Waals surface area contributed by atoms with Crippen molar-refractivity contribution >= 4 is 24.8 Å². The molecule has 1 saturated carbocycles. The van der Waals surface area contributed by atoms with Crippen LogP contribution in [0, 0.1) is 0 Å². The number of halogens is 2. The minimum absolute atomic E-state index is 0. The van der Waals surface area contributed by atoms with Crippen molar-refractivity contribution < 1.29 is 4.42 Å². The summed E-state index contributed by atoms with van der Waals surface area (Å²) in [5.74, 6) is 0.704. The van der Waals surface area contributed by atoms with E-state index in [2.05, 4.69) is 4.98 Å². The fourth-order valence-electron chi connectivity index (χ4n) is 1.69. The first kappa shape index (κ1) is 12.8. The minimum Gasteiger partial charge on any atom is -0.447 e. The van der Waals surface area contributed by atoms with Crippen LogP contribution in [0.1, 0.15) is 31.6 Å². The summed E-state index contributed by atoms with van der Waals surface area (Å²) in [6.07, 6.45) is 7.64. The van der Waals surface area contributed by atoms with Gasteiger partial charge in [-0.1, -0.05) is 12.8 Å². The average molecular weight is 225 g/mol. The quantitative estimate of drug-likeness (QED) is 0.797. The Bertz CT molecular complexity index is 232. The number of nitrogens with two attached hydrogens (primary N) is 1. The van der Waals surface area contributed by atoms with Crippen LogP contribution in [0.2, 0.25) is 0 Å². The number of rotatable bonds is 1. The maximum Gasteiger partial charge on any atom is 0.214 e. The first-order chi connectivity index (χ1) is 5.31. The third-order valence-corrected chi connectivity index (χ3v) is 2.35. The lowest BCUT2D eigenvalue weighted by Gasteiger charge is -2.18. The highest BCUT2D eigenvalue weighted by molar-refractivity contribution is 5.85. The van der Waals surface area contributed by atoms with Gasteiger partial charge >= 0.3 is 0 Å². The molecule has 1 fully saturated rings. The van der Waals surface area contributed by atoms with Crippen LogP contribution in [0.3, 0.4) is 0 Å². The molecule has 3 nitrogen and oxygen atoms in total. The summed E-state index contributed by atoms with van der Waals surface area (Å²) in [4.78, 5) is 4.08. The second-order valence-corrected chi connectivity index (χ2v) is 3.20. The van der Waals surface area contributed by atoms with Crippen LogP contribution in [0.15, 0.2) is 16.9 Å². The summed E-state index contributed by atoms with van der Waals surface area (Å²) in [6, 6.07) is 0. The number of nitrogens with zero attached hydrogens (tertiary/aromatic N) is 1. The molecule has 0 aromatic carbocycles. The van der Waals surface area contributed by atoms with Crippen molar-refractivity contribution in [3.63, 3.8) is 0 Å². The fraction of sp³-hybridized carbons (Fsp3) is 0.625. The molecule has 0 atom stereocenters. The molecule has 1 aromatic heterocycles. The topological polar surface area (TPSA) is 52.0 Å². The van der Waals surface area contributed by atoms with Crippen LogP contribution in [0.4, 0.5) is 0 Å². The van der Waals surface area contributed by atoms with E-state index in [0.29, 0.717) is 5.89 Å². The molecular weight excluding hydrogens is 211 g/mol.